The SMILES string of the molecule is Cc1cnc2c(CN3CC(C=C(F)F)CC3=O)c(-c3ccccc3)nn2c1. The van der Waals surface area contributed by atoms with Gasteiger partial charge in [-0.15, -0.1) is 0 Å². The first kappa shape index (κ1) is 17.3. The van der Waals surface area contributed by atoms with E-state index in [1.807, 2.05) is 43.5 Å². The maximum atomic E-state index is 12.6. The first-order valence-electron chi connectivity index (χ1n) is 8.71. The second-order valence-corrected chi connectivity index (χ2v) is 6.79. The van der Waals surface area contributed by atoms with E-state index in [1.54, 1.807) is 15.6 Å². The van der Waals surface area contributed by atoms with E-state index in [0.29, 0.717) is 12.2 Å². The third-order valence-corrected chi connectivity index (χ3v) is 4.70. The van der Waals surface area contributed by atoms with Gasteiger partial charge in [0.05, 0.1) is 6.54 Å². The first-order valence-corrected chi connectivity index (χ1v) is 8.71. The number of rotatable bonds is 4. The number of aromatic nitrogens is 3. The molecule has 0 saturated carbocycles. The minimum absolute atomic E-state index is 0.101. The van der Waals surface area contributed by atoms with Crippen LogP contribution in [-0.4, -0.2) is 31.9 Å². The molecule has 5 nitrogen and oxygen atoms in total. The van der Waals surface area contributed by atoms with Gasteiger partial charge in [0.2, 0.25) is 5.91 Å². The summed E-state index contributed by atoms with van der Waals surface area (Å²) in [5.41, 5.74) is 4.13. The number of halogens is 2. The van der Waals surface area contributed by atoms with Gasteiger partial charge in [0.15, 0.2) is 5.65 Å². The van der Waals surface area contributed by atoms with Gasteiger partial charge in [0, 0.05) is 42.4 Å². The Kier molecular flexibility index (Phi) is 4.43. The summed E-state index contributed by atoms with van der Waals surface area (Å²) >= 11 is 0. The minimum atomic E-state index is -1.74. The van der Waals surface area contributed by atoms with Crippen molar-refractivity contribution in [3.8, 4) is 11.3 Å². The van der Waals surface area contributed by atoms with Crippen molar-refractivity contribution in [1.82, 2.24) is 19.5 Å². The Hall–Kier alpha value is -3.09. The van der Waals surface area contributed by atoms with Crippen LogP contribution < -0.4 is 0 Å². The maximum Gasteiger partial charge on any atom is 0.266 e. The molecule has 27 heavy (non-hydrogen) atoms. The third-order valence-electron chi connectivity index (χ3n) is 4.70. The van der Waals surface area contributed by atoms with Gasteiger partial charge >= 0.3 is 0 Å². The number of fused-ring (bicyclic) bond motifs is 1. The molecule has 1 aliphatic heterocycles. The highest BCUT2D eigenvalue weighted by molar-refractivity contribution is 5.80. The molecule has 1 atom stereocenters. The van der Waals surface area contributed by atoms with Crippen molar-refractivity contribution in [3.05, 3.63) is 66.0 Å². The highest BCUT2D eigenvalue weighted by Crippen LogP contribution is 2.29. The number of likely N-dealkylation sites (tertiary alicyclic amines) is 1. The summed E-state index contributed by atoms with van der Waals surface area (Å²) in [7, 11) is 0. The van der Waals surface area contributed by atoms with Crippen LogP contribution in [0.4, 0.5) is 8.78 Å². The number of aryl methyl sites for hydroxylation is 1. The molecule has 1 amide bonds. The fraction of sp³-hybridized carbons (Fsp3) is 0.250. The first-order chi connectivity index (χ1) is 13.0. The van der Waals surface area contributed by atoms with Gasteiger partial charge in [0.25, 0.3) is 6.08 Å². The molecule has 7 heteroatoms. The number of carbonyl (C=O) groups excluding carboxylic acids is 1. The summed E-state index contributed by atoms with van der Waals surface area (Å²) < 4.78 is 26.8. The number of carbonyl (C=O) groups is 1. The Morgan fingerprint density at radius 3 is 2.81 bits per heavy atom. The second-order valence-electron chi connectivity index (χ2n) is 6.79. The van der Waals surface area contributed by atoms with Gasteiger partial charge in [-0.1, -0.05) is 30.3 Å². The molecule has 4 rings (SSSR count). The van der Waals surface area contributed by atoms with E-state index >= 15 is 0 Å². The standard InChI is InChI=1S/C20H18F2N4O/c1-13-9-23-20-16(12-25-11-14(7-17(21)22)8-18(25)27)19(24-26(20)10-13)15-5-3-2-4-6-15/h2-7,9-10,14H,8,11-12H2,1H3. The maximum absolute atomic E-state index is 12.6. The highest BCUT2D eigenvalue weighted by atomic mass is 19.3. The van der Waals surface area contributed by atoms with Crippen LogP contribution in [0, 0.1) is 12.8 Å². The van der Waals surface area contributed by atoms with Crippen molar-refractivity contribution in [1.29, 1.82) is 0 Å². The fourth-order valence-corrected chi connectivity index (χ4v) is 3.49. The van der Waals surface area contributed by atoms with Crippen LogP contribution in [0.1, 0.15) is 17.5 Å². The molecule has 1 fully saturated rings. The van der Waals surface area contributed by atoms with Crippen LogP contribution in [0.25, 0.3) is 16.9 Å². The quantitative estimate of drug-likeness (QED) is 0.703. The summed E-state index contributed by atoms with van der Waals surface area (Å²) in [6.07, 6.45) is 2.86. The molecule has 3 aromatic rings. The zero-order chi connectivity index (χ0) is 19.0. The number of amides is 1. The van der Waals surface area contributed by atoms with Gasteiger partial charge in [-0.25, -0.2) is 9.50 Å². The lowest BCUT2D eigenvalue weighted by molar-refractivity contribution is -0.128. The Morgan fingerprint density at radius 2 is 2.07 bits per heavy atom. The molecule has 1 aromatic carbocycles. The lowest BCUT2D eigenvalue weighted by atomic mass is 10.1. The molecule has 2 aromatic heterocycles. The molecular weight excluding hydrogens is 350 g/mol. The average Bonchev–Trinajstić information content (AvgIpc) is 3.15. The van der Waals surface area contributed by atoms with Crippen molar-refractivity contribution in [2.24, 2.45) is 5.92 Å². The van der Waals surface area contributed by atoms with Gasteiger partial charge in [0.1, 0.15) is 5.69 Å². The number of nitrogens with zero attached hydrogens (tertiary/aromatic N) is 4. The highest BCUT2D eigenvalue weighted by Gasteiger charge is 2.30. The molecule has 138 valence electrons. The molecular formula is C20H18F2N4O. The van der Waals surface area contributed by atoms with Gasteiger partial charge < -0.3 is 4.90 Å². The smallest absolute Gasteiger partial charge is 0.266 e. The summed E-state index contributed by atoms with van der Waals surface area (Å²) in [5, 5.41) is 4.66. The Bertz CT molecular complexity index is 1030. The molecule has 0 radical (unpaired) electrons. The van der Waals surface area contributed by atoms with Crippen LogP contribution in [0.15, 0.2) is 54.9 Å². The third kappa shape index (κ3) is 3.45. The minimum Gasteiger partial charge on any atom is -0.338 e. The van der Waals surface area contributed by atoms with E-state index in [4.69, 9.17) is 0 Å². The van der Waals surface area contributed by atoms with E-state index in [1.165, 1.54) is 0 Å². The van der Waals surface area contributed by atoms with Crippen LogP contribution in [0.3, 0.4) is 0 Å². The summed E-state index contributed by atoms with van der Waals surface area (Å²) in [6, 6.07) is 9.68. The van der Waals surface area contributed by atoms with Crippen molar-refractivity contribution < 1.29 is 13.6 Å². The van der Waals surface area contributed by atoms with E-state index in [0.717, 1.165) is 28.5 Å². The predicted octanol–water partition coefficient (Wildman–Crippen LogP) is 3.83. The number of hydrogen-bond donors (Lipinski definition) is 0. The van der Waals surface area contributed by atoms with Crippen LogP contribution >= 0.6 is 0 Å². The molecule has 1 unspecified atom stereocenters. The summed E-state index contributed by atoms with van der Waals surface area (Å²) in [4.78, 5) is 18.4. The van der Waals surface area contributed by atoms with Gasteiger partial charge in [-0.2, -0.15) is 13.9 Å². The van der Waals surface area contributed by atoms with Crippen LogP contribution in [-0.2, 0) is 11.3 Å². The van der Waals surface area contributed by atoms with Crippen molar-refractivity contribution >= 4 is 11.6 Å². The molecule has 0 aliphatic carbocycles. The van der Waals surface area contributed by atoms with E-state index in [2.05, 4.69) is 10.1 Å². The topological polar surface area (TPSA) is 50.5 Å². The lowest BCUT2D eigenvalue weighted by Crippen LogP contribution is -2.24. The van der Waals surface area contributed by atoms with E-state index in [-0.39, 0.29) is 18.9 Å². The Balaban J connectivity index is 1.74. The van der Waals surface area contributed by atoms with Gasteiger partial charge in [-0.3, -0.25) is 4.79 Å². The second kappa shape index (κ2) is 6.90. The van der Waals surface area contributed by atoms with Crippen LogP contribution in [0.2, 0.25) is 0 Å². The normalized spacial score (nSPS) is 16.9. The van der Waals surface area contributed by atoms with Crippen LogP contribution in [0.5, 0.6) is 0 Å². The summed E-state index contributed by atoms with van der Waals surface area (Å²) in [5.74, 6) is -0.595. The van der Waals surface area contributed by atoms with Crippen molar-refractivity contribution in [2.75, 3.05) is 6.54 Å². The molecule has 0 N–H and O–H groups in total. The lowest BCUT2D eigenvalue weighted by Gasteiger charge is -2.16. The number of hydrogen-bond acceptors (Lipinski definition) is 3. The van der Waals surface area contributed by atoms with Crippen molar-refractivity contribution in [2.45, 2.75) is 19.9 Å². The largest absolute Gasteiger partial charge is 0.338 e. The molecule has 1 aliphatic rings. The summed E-state index contributed by atoms with van der Waals surface area (Å²) in [6.45, 7) is 2.50. The average molecular weight is 368 g/mol. The predicted molar refractivity (Wildman–Crippen MR) is 97.0 cm³/mol. The number of benzene rings is 1. The van der Waals surface area contributed by atoms with Crippen molar-refractivity contribution in [3.63, 3.8) is 0 Å². The van der Waals surface area contributed by atoms with E-state index < -0.39 is 12.0 Å². The fourth-order valence-electron chi connectivity index (χ4n) is 3.49. The zero-order valence-corrected chi connectivity index (χ0v) is 14.8. The molecule has 1 saturated heterocycles. The Morgan fingerprint density at radius 1 is 1.30 bits per heavy atom. The molecule has 0 bridgehead atoms. The molecule has 0 spiro atoms. The molecule has 3 heterocycles. The zero-order valence-electron chi connectivity index (χ0n) is 14.8. The van der Waals surface area contributed by atoms with Gasteiger partial charge in [-0.05, 0) is 18.6 Å². The Labute approximate surface area is 154 Å². The monoisotopic (exact) mass is 368 g/mol. The van der Waals surface area contributed by atoms with E-state index in [9.17, 15) is 13.6 Å².